The number of carbonyl (C=O) groups excluding carboxylic acids is 2. The molecule has 0 fully saturated rings. The van der Waals surface area contributed by atoms with Crippen molar-refractivity contribution in [2.45, 2.75) is 33.2 Å². The Labute approximate surface area is 160 Å². The predicted molar refractivity (Wildman–Crippen MR) is 101 cm³/mol. The van der Waals surface area contributed by atoms with Gasteiger partial charge in [-0.3, -0.25) is 14.2 Å². The van der Waals surface area contributed by atoms with E-state index in [2.05, 4.69) is 15.5 Å². The van der Waals surface area contributed by atoms with Crippen LogP contribution in [0.5, 0.6) is 0 Å². The van der Waals surface area contributed by atoms with Crippen molar-refractivity contribution in [3.8, 4) is 0 Å². The highest BCUT2D eigenvalue weighted by atomic mass is 16.5. The third-order valence-electron chi connectivity index (χ3n) is 4.23. The normalized spacial score (nSPS) is 12.0. The number of benzene rings is 1. The Balaban J connectivity index is 1.98. The van der Waals surface area contributed by atoms with Crippen LogP contribution in [0, 0.1) is 6.92 Å². The van der Waals surface area contributed by atoms with E-state index in [0.29, 0.717) is 12.1 Å². The summed E-state index contributed by atoms with van der Waals surface area (Å²) in [5.74, 6) is -1.15. The second-order valence-electron chi connectivity index (χ2n) is 6.17. The van der Waals surface area contributed by atoms with Gasteiger partial charge in [0.15, 0.2) is 0 Å². The zero-order chi connectivity index (χ0) is 20.3. The average molecular weight is 384 g/mol. The molecule has 1 atom stereocenters. The van der Waals surface area contributed by atoms with Gasteiger partial charge in [-0.25, -0.2) is 9.78 Å². The summed E-state index contributed by atoms with van der Waals surface area (Å²) in [7, 11) is 0. The maximum Gasteiger partial charge on any atom is 0.361 e. The molecule has 0 bridgehead atoms. The van der Waals surface area contributed by atoms with Crippen LogP contribution >= 0.6 is 0 Å². The summed E-state index contributed by atoms with van der Waals surface area (Å²) < 4.78 is 11.0. The lowest BCUT2D eigenvalue weighted by Crippen LogP contribution is -2.33. The van der Waals surface area contributed by atoms with Gasteiger partial charge in [0.25, 0.3) is 11.3 Å². The summed E-state index contributed by atoms with van der Waals surface area (Å²) in [6, 6.07) is 6.49. The standard InChI is InChI=1S/C19H20N4O5/c1-4-13(16(24)21-12-8-6-11(3)7-9-12)23-10-20-17-14(18(23)25)15(22-28-17)19(26)27-5-2/h6-10,13H,4-5H2,1-3H3,(H,21,24)/t13-/m0/s1. The minimum Gasteiger partial charge on any atom is -0.461 e. The summed E-state index contributed by atoms with van der Waals surface area (Å²) in [6.07, 6.45) is 1.55. The minimum absolute atomic E-state index is 0.0851. The topological polar surface area (TPSA) is 116 Å². The van der Waals surface area contributed by atoms with Crippen molar-refractivity contribution in [3.05, 3.63) is 52.2 Å². The molecule has 9 nitrogen and oxygen atoms in total. The summed E-state index contributed by atoms with van der Waals surface area (Å²) in [6.45, 7) is 5.48. The zero-order valence-corrected chi connectivity index (χ0v) is 15.8. The van der Waals surface area contributed by atoms with Crippen LogP contribution in [-0.2, 0) is 9.53 Å². The molecule has 28 heavy (non-hydrogen) atoms. The summed E-state index contributed by atoms with van der Waals surface area (Å²) in [5, 5.41) is 6.28. The third kappa shape index (κ3) is 3.64. The summed E-state index contributed by atoms with van der Waals surface area (Å²) in [4.78, 5) is 41.8. The monoisotopic (exact) mass is 384 g/mol. The van der Waals surface area contributed by atoms with Gasteiger partial charge in [0.1, 0.15) is 17.8 Å². The van der Waals surface area contributed by atoms with Crippen LogP contribution < -0.4 is 10.9 Å². The van der Waals surface area contributed by atoms with Gasteiger partial charge < -0.3 is 14.6 Å². The Hall–Kier alpha value is -3.49. The van der Waals surface area contributed by atoms with Crippen molar-refractivity contribution in [1.82, 2.24) is 14.7 Å². The number of anilines is 1. The summed E-state index contributed by atoms with van der Waals surface area (Å²) >= 11 is 0. The fourth-order valence-electron chi connectivity index (χ4n) is 2.79. The van der Waals surface area contributed by atoms with Gasteiger partial charge in [-0.2, -0.15) is 0 Å². The van der Waals surface area contributed by atoms with Crippen LogP contribution in [0.3, 0.4) is 0 Å². The Morgan fingerprint density at radius 1 is 1.25 bits per heavy atom. The molecule has 0 aliphatic rings. The van der Waals surface area contributed by atoms with Crippen molar-refractivity contribution in [2.24, 2.45) is 0 Å². The van der Waals surface area contributed by atoms with Gasteiger partial charge in [0, 0.05) is 5.69 Å². The van der Waals surface area contributed by atoms with Crippen LogP contribution in [0.25, 0.3) is 11.1 Å². The predicted octanol–water partition coefficient (Wildman–Crippen LogP) is 2.46. The fourth-order valence-corrected chi connectivity index (χ4v) is 2.79. The molecule has 3 aromatic rings. The summed E-state index contributed by atoms with van der Waals surface area (Å²) in [5.41, 5.74) is 0.749. The largest absolute Gasteiger partial charge is 0.461 e. The molecule has 0 radical (unpaired) electrons. The third-order valence-corrected chi connectivity index (χ3v) is 4.23. The Bertz CT molecular complexity index is 1070. The van der Waals surface area contributed by atoms with Crippen LogP contribution in [0.1, 0.15) is 42.4 Å². The first kappa shape index (κ1) is 19.3. The second-order valence-corrected chi connectivity index (χ2v) is 6.17. The Kier molecular flexibility index (Phi) is 5.53. The van der Waals surface area contributed by atoms with Crippen molar-refractivity contribution >= 4 is 28.7 Å². The number of hydrogen-bond donors (Lipinski definition) is 1. The fraction of sp³-hybridized carbons (Fsp3) is 0.316. The Morgan fingerprint density at radius 2 is 1.96 bits per heavy atom. The van der Waals surface area contributed by atoms with Crippen LogP contribution in [0.4, 0.5) is 5.69 Å². The molecule has 0 unspecified atom stereocenters. The van der Waals surface area contributed by atoms with Crippen LogP contribution in [-0.4, -0.2) is 33.2 Å². The molecule has 9 heteroatoms. The number of fused-ring (bicyclic) bond motifs is 1. The highest BCUT2D eigenvalue weighted by molar-refractivity contribution is 6.00. The van der Waals surface area contributed by atoms with Crippen molar-refractivity contribution in [1.29, 1.82) is 0 Å². The molecule has 1 aromatic carbocycles. The maximum absolute atomic E-state index is 13.0. The number of rotatable bonds is 6. The molecule has 0 aliphatic carbocycles. The molecule has 3 rings (SSSR count). The first-order valence-electron chi connectivity index (χ1n) is 8.87. The number of amides is 1. The lowest BCUT2D eigenvalue weighted by atomic mass is 10.1. The van der Waals surface area contributed by atoms with Crippen LogP contribution in [0.15, 0.2) is 39.9 Å². The quantitative estimate of drug-likeness (QED) is 0.649. The van der Waals surface area contributed by atoms with Gasteiger partial charge in [-0.1, -0.05) is 29.8 Å². The molecule has 1 amide bonds. The smallest absolute Gasteiger partial charge is 0.361 e. The molecule has 1 N–H and O–H groups in total. The number of hydrogen-bond acceptors (Lipinski definition) is 7. The molecule has 2 aromatic heterocycles. The van der Waals surface area contributed by atoms with E-state index in [0.717, 1.165) is 5.56 Å². The van der Waals surface area contributed by atoms with Gasteiger partial charge in [0.05, 0.1) is 6.61 Å². The molecule has 2 heterocycles. The number of aryl methyl sites for hydroxylation is 1. The van der Waals surface area contributed by atoms with Gasteiger partial charge in [0.2, 0.25) is 11.6 Å². The van der Waals surface area contributed by atoms with Crippen molar-refractivity contribution in [2.75, 3.05) is 11.9 Å². The number of nitrogens with one attached hydrogen (secondary N) is 1. The van der Waals surface area contributed by atoms with E-state index in [-0.39, 0.29) is 29.3 Å². The van der Waals surface area contributed by atoms with Crippen molar-refractivity contribution in [3.63, 3.8) is 0 Å². The second kappa shape index (κ2) is 8.03. The number of ether oxygens (including phenoxy) is 1. The van der Waals surface area contributed by atoms with E-state index in [1.807, 2.05) is 19.1 Å². The maximum atomic E-state index is 13.0. The highest BCUT2D eigenvalue weighted by Gasteiger charge is 2.26. The first-order chi connectivity index (χ1) is 13.5. The molecular weight excluding hydrogens is 364 g/mol. The molecule has 0 aliphatic heterocycles. The number of esters is 1. The lowest BCUT2D eigenvalue weighted by Gasteiger charge is -2.17. The van der Waals surface area contributed by atoms with Crippen molar-refractivity contribution < 1.29 is 18.8 Å². The highest BCUT2D eigenvalue weighted by Crippen LogP contribution is 2.18. The lowest BCUT2D eigenvalue weighted by molar-refractivity contribution is -0.119. The first-order valence-corrected chi connectivity index (χ1v) is 8.87. The van der Waals surface area contributed by atoms with Crippen LogP contribution in [0.2, 0.25) is 0 Å². The average Bonchev–Trinajstić information content (AvgIpc) is 3.11. The zero-order valence-electron chi connectivity index (χ0n) is 15.8. The van der Waals surface area contributed by atoms with E-state index in [9.17, 15) is 14.4 Å². The van der Waals surface area contributed by atoms with E-state index in [1.54, 1.807) is 26.0 Å². The van der Waals surface area contributed by atoms with Gasteiger partial charge in [-0.15, -0.1) is 0 Å². The SMILES string of the molecule is CCOC(=O)c1noc2ncn([C@@H](CC)C(=O)Nc3ccc(C)cc3)c(=O)c12. The molecule has 0 saturated heterocycles. The van der Waals surface area contributed by atoms with E-state index < -0.39 is 17.6 Å². The minimum atomic E-state index is -0.823. The van der Waals surface area contributed by atoms with Gasteiger partial charge in [-0.05, 0) is 32.4 Å². The Morgan fingerprint density at radius 3 is 2.61 bits per heavy atom. The number of aromatic nitrogens is 3. The van der Waals surface area contributed by atoms with Gasteiger partial charge >= 0.3 is 5.97 Å². The number of carbonyl (C=O) groups is 2. The van der Waals surface area contributed by atoms with E-state index in [4.69, 9.17) is 9.26 Å². The molecule has 0 spiro atoms. The van der Waals surface area contributed by atoms with E-state index >= 15 is 0 Å². The number of nitrogens with zero attached hydrogens (tertiary/aromatic N) is 3. The molecular formula is C19H20N4O5. The van der Waals surface area contributed by atoms with E-state index in [1.165, 1.54) is 10.9 Å². The molecule has 0 saturated carbocycles. The molecule has 146 valence electrons.